The lowest BCUT2D eigenvalue weighted by molar-refractivity contribution is -0.122. The van der Waals surface area contributed by atoms with Crippen LogP contribution in [0.4, 0.5) is 5.69 Å². The average Bonchev–Trinajstić information content (AvgIpc) is 3.38. The number of fused-ring (bicyclic) bond motifs is 1. The van der Waals surface area contributed by atoms with Crippen molar-refractivity contribution in [3.8, 4) is 11.6 Å². The summed E-state index contributed by atoms with van der Waals surface area (Å²) in [5.74, 6) is 1.51. The van der Waals surface area contributed by atoms with Gasteiger partial charge in [0.1, 0.15) is 5.82 Å². The fourth-order valence-electron chi connectivity index (χ4n) is 3.28. The third-order valence-corrected chi connectivity index (χ3v) is 4.79. The minimum absolute atomic E-state index is 0.0152. The Kier molecular flexibility index (Phi) is 5.18. The Hall–Kier alpha value is -3.42. The predicted octanol–water partition coefficient (Wildman–Crippen LogP) is 2.31. The first-order valence-corrected chi connectivity index (χ1v) is 9.29. The van der Waals surface area contributed by atoms with E-state index >= 15 is 0 Å². The summed E-state index contributed by atoms with van der Waals surface area (Å²) in [4.78, 5) is 28.7. The van der Waals surface area contributed by atoms with Gasteiger partial charge < -0.3 is 15.1 Å². The highest BCUT2D eigenvalue weighted by atomic mass is 16.3. The second kappa shape index (κ2) is 8.08. The van der Waals surface area contributed by atoms with Crippen LogP contribution >= 0.6 is 0 Å². The molecule has 8 nitrogen and oxygen atoms in total. The summed E-state index contributed by atoms with van der Waals surface area (Å²) in [5, 5.41) is 12.7. The van der Waals surface area contributed by atoms with Gasteiger partial charge in [-0.2, -0.15) is 5.10 Å². The van der Waals surface area contributed by atoms with Gasteiger partial charge in [0.05, 0.1) is 6.26 Å². The summed E-state index contributed by atoms with van der Waals surface area (Å²) in [5.41, 5.74) is 1.99. The highest BCUT2D eigenvalue weighted by Gasteiger charge is 2.26. The summed E-state index contributed by atoms with van der Waals surface area (Å²) >= 11 is 0. The maximum Gasteiger partial charge on any atom is 0.227 e. The number of carbonyl (C=O) groups is 2. The van der Waals surface area contributed by atoms with E-state index in [0.717, 1.165) is 11.3 Å². The smallest absolute Gasteiger partial charge is 0.227 e. The van der Waals surface area contributed by atoms with E-state index in [1.165, 1.54) is 0 Å². The Labute approximate surface area is 161 Å². The van der Waals surface area contributed by atoms with E-state index in [0.29, 0.717) is 49.6 Å². The Morgan fingerprint density at radius 3 is 3.00 bits per heavy atom. The van der Waals surface area contributed by atoms with E-state index in [9.17, 15) is 9.59 Å². The Morgan fingerprint density at radius 1 is 1.25 bits per heavy atom. The van der Waals surface area contributed by atoms with Crippen LogP contribution < -0.4 is 10.6 Å². The summed E-state index contributed by atoms with van der Waals surface area (Å²) in [6.45, 7) is 0.450. The number of benzene rings is 1. The molecule has 0 aliphatic carbocycles. The monoisotopic (exact) mass is 379 g/mol. The third-order valence-electron chi connectivity index (χ3n) is 4.79. The van der Waals surface area contributed by atoms with Crippen LogP contribution in [0.1, 0.15) is 24.2 Å². The number of anilines is 1. The largest absolute Gasteiger partial charge is 0.461 e. The van der Waals surface area contributed by atoms with Crippen molar-refractivity contribution in [2.75, 3.05) is 11.9 Å². The van der Waals surface area contributed by atoms with Gasteiger partial charge in [-0.1, -0.05) is 18.2 Å². The number of hydrogen-bond donors (Lipinski definition) is 3. The Balaban J connectivity index is 1.21. The molecule has 1 aromatic carbocycles. The standard InChI is InChI=1S/C20H21N5O3/c26-18(8-7-14-12-13-4-1-2-5-15(13)22-20(14)27)21-10-9-17-23-19(25-24-17)16-6-3-11-28-16/h1-6,11,14H,7-10,12H2,(H,21,26)(H,22,27)(H,23,24,25). The summed E-state index contributed by atoms with van der Waals surface area (Å²) in [7, 11) is 0. The molecule has 2 aromatic heterocycles. The van der Waals surface area contributed by atoms with Crippen molar-refractivity contribution < 1.29 is 14.0 Å². The second-order valence-corrected chi connectivity index (χ2v) is 6.77. The average molecular weight is 379 g/mol. The van der Waals surface area contributed by atoms with E-state index < -0.39 is 0 Å². The predicted molar refractivity (Wildman–Crippen MR) is 102 cm³/mol. The first-order valence-electron chi connectivity index (χ1n) is 9.29. The molecular formula is C20H21N5O3. The number of nitrogens with one attached hydrogen (secondary N) is 3. The van der Waals surface area contributed by atoms with Crippen molar-refractivity contribution >= 4 is 17.5 Å². The zero-order chi connectivity index (χ0) is 19.3. The molecule has 0 bridgehead atoms. The molecule has 0 radical (unpaired) electrons. The first-order chi connectivity index (χ1) is 13.7. The maximum absolute atomic E-state index is 12.2. The number of aromatic nitrogens is 3. The molecule has 8 heteroatoms. The van der Waals surface area contributed by atoms with Gasteiger partial charge in [-0.05, 0) is 36.6 Å². The van der Waals surface area contributed by atoms with E-state index in [2.05, 4.69) is 25.8 Å². The van der Waals surface area contributed by atoms with Crippen molar-refractivity contribution in [1.82, 2.24) is 20.5 Å². The lowest BCUT2D eigenvalue weighted by Gasteiger charge is -2.24. The lowest BCUT2D eigenvalue weighted by atomic mass is 9.89. The van der Waals surface area contributed by atoms with Crippen LogP contribution in [0.3, 0.4) is 0 Å². The van der Waals surface area contributed by atoms with Crippen molar-refractivity contribution in [3.05, 3.63) is 54.0 Å². The number of para-hydroxylation sites is 1. The number of hydrogen-bond acceptors (Lipinski definition) is 5. The minimum atomic E-state index is -0.175. The molecule has 1 aliphatic rings. The van der Waals surface area contributed by atoms with Crippen molar-refractivity contribution in [3.63, 3.8) is 0 Å². The number of nitrogens with zero attached hydrogens (tertiary/aromatic N) is 2. The van der Waals surface area contributed by atoms with Gasteiger partial charge in [0, 0.05) is 31.0 Å². The van der Waals surface area contributed by atoms with Gasteiger partial charge in [0.15, 0.2) is 5.76 Å². The normalized spacial score (nSPS) is 15.7. The van der Waals surface area contributed by atoms with Crippen LogP contribution in [0.25, 0.3) is 11.6 Å². The van der Waals surface area contributed by atoms with E-state index in [-0.39, 0.29) is 17.7 Å². The topological polar surface area (TPSA) is 113 Å². The van der Waals surface area contributed by atoms with Gasteiger partial charge in [0.25, 0.3) is 0 Å². The van der Waals surface area contributed by atoms with Gasteiger partial charge in [0.2, 0.25) is 17.6 Å². The molecular weight excluding hydrogens is 358 g/mol. The molecule has 3 heterocycles. The fourth-order valence-corrected chi connectivity index (χ4v) is 3.28. The number of aromatic amines is 1. The van der Waals surface area contributed by atoms with Crippen LogP contribution in [0.5, 0.6) is 0 Å². The van der Waals surface area contributed by atoms with E-state index in [1.54, 1.807) is 18.4 Å². The van der Waals surface area contributed by atoms with Gasteiger partial charge >= 0.3 is 0 Å². The maximum atomic E-state index is 12.2. The van der Waals surface area contributed by atoms with Crippen molar-refractivity contribution in [1.29, 1.82) is 0 Å². The van der Waals surface area contributed by atoms with Crippen LogP contribution in [-0.2, 0) is 22.4 Å². The zero-order valence-corrected chi connectivity index (χ0v) is 15.3. The molecule has 1 unspecified atom stereocenters. The molecule has 3 aromatic rings. The quantitative estimate of drug-likeness (QED) is 0.583. The van der Waals surface area contributed by atoms with Crippen LogP contribution in [-0.4, -0.2) is 33.5 Å². The van der Waals surface area contributed by atoms with Gasteiger partial charge in [-0.15, -0.1) is 0 Å². The van der Waals surface area contributed by atoms with Crippen LogP contribution in [0, 0.1) is 5.92 Å². The third kappa shape index (κ3) is 4.11. The minimum Gasteiger partial charge on any atom is -0.461 e. The molecule has 2 amide bonds. The van der Waals surface area contributed by atoms with Gasteiger partial charge in [-0.25, -0.2) is 4.98 Å². The number of rotatable bonds is 7. The van der Waals surface area contributed by atoms with E-state index in [4.69, 9.17) is 4.42 Å². The number of furan rings is 1. The van der Waals surface area contributed by atoms with Crippen molar-refractivity contribution in [2.45, 2.75) is 25.7 Å². The summed E-state index contributed by atoms with van der Waals surface area (Å²) in [6, 6.07) is 11.3. The molecule has 1 atom stereocenters. The molecule has 4 rings (SSSR count). The van der Waals surface area contributed by atoms with Gasteiger partial charge in [-0.3, -0.25) is 14.7 Å². The second-order valence-electron chi connectivity index (χ2n) is 6.77. The van der Waals surface area contributed by atoms with Crippen LogP contribution in [0.15, 0.2) is 47.1 Å². The molecule has 3 N–H and O–H groups in total. The summed E-state index contributed by atoms with van der Waals surface area (Å²) in [6.07, 6.45) is 3.61. The highest BCUT2D eigenvalue weighted by Crippen LogP contribution is 2.27. The molecule has 0 saturated heterocycles. The fraction of sp³-hybridized carbons (Fsp3) is 0.300. The molecule has 0 fully saturated rings. The molecule has 28 heavy (non-hydrogen) atoms. The lowest BCUT2D eigenvalue weighted by Crippen LogP contribution is -2.32. The first kappa shape index (κ1) is 18.0. The number of carbonyl (C=O) groups excluding carboxylic acids is 2. The zero-order valence-electron chi connectivity index (χ0n) is 15.3. The summed E-state index contributed by atoms with van der Waals surface area (Å²) < 4.78 is 5.25. The SMILES string of the molecule is O=C(CCC1Cc2ccccc2NC1=O)NCCc1nc(-c2ccco2)n[nH]1. The number of H-pyrrole nitrogens is 1. The number of amides is 2. The highest BCUT2D eigenvalue weighted by molar-refractivity contribution is 5.96. The van der Waals surface area contributed by atoms with E-state index in [1.807, 2.05) is 24.3 Å². The molecule has 0 saturated carbocycles. The van der Waals surface area contributed by atoms with Crippen molar-refractivity contribution in [2.24, 2.45) is 5.92 Å². The Bertz CT molecular complexity index is 964. The molecule has 1 aliphatic heterocycles. The molecule has 144 valence electrons. The molecule has 0 spiro atoms. The van der Waals surface area contributed by atoms with Crippen LogP contribution in [0.2, 0.25) is 0 Å². The Morgan fingerprint density at radius 2 is 2.14 bits per heavy atom.